The highest BCUT2D eigenvalue weighted by Crippen LogP contribution is 2.17. The number of nitrogens with zero attached hydrogens (tertiary/aromatic N) is 1. The number of benzene rings is 1. The Labute approximate surface area is 167 Å². The monoisotopic (exact) mass is 460 g/mol. The van der Waals surface area contributed by atoms with E-state index in [1.54, 1.807) is 31.4 Å². The maximum absolute atomic E-state index is 12.1. The molecule has 1 fully saturated rings. The summed E-state index contributed by atoms with van der Waals surface area (Å²) in [6.45, 7) is 3.93. The molecule has 0 aromatic heterocycles. The van der Waals surface area contributed by atoms with E-state index < -0.39 is 0 Å². The highest BCUT2D eigenvalue weighted by Gasteiger charge is 2.15. The summed E-state index contributed by atoms with van der Waals surface area (Å²) in [5.74, 6) is 1.48. The zero-order valence-electron chi connectivity index (χ0n) is 15.0. The molecule has 1 aromatic rings. The van der Waals surface area contributed by atoms with E-state index in [0.29, 0.717) is 24.7 Å². The van der Waals surface area contributed by atoms with Crippen LogP contribution in [0.2, 0.25) is 0 Å². The largest absolute Gasteiger partial charge is 0.497 e. The Morgan fingerprint density at radius 3 is 2.48 bits per heavy atom. The number of methoxy groups -OCH3 is 1. The van der Waals surface area contributed by atoms with Gasteiger partial charge >= 0.3 is 0 Å². The van der Waals surface area contributed by atoms with Gasteiger partial charge in [0.05, 0.1) is 13.7 Å². The molecule has 7 heteroatoms. The molecule has 1 amide bonds. The molecule has 0 radical (unpaired) electrons. The molecule has 1 aromatic carbocycles. The number of guanidine groups is 1. The average Bonchev–Trinajstić information content (AvgIpc) is 3.11. The molecule has 2 rings (SSSR count). The fourth-order valence-electron chi connectivity index (χ4n) is 2.77. The molecule has 25 heavy (non-hydrogen) atoms. The van der Waals surface area contributed by atoms with E-state index in [2.05, 4.69) is 27.9 Å². The number of rotatable bonds is 7. The van der Waals surface area contributed by atoms with E-state index in [1.807, 2.05) is 0 Å². The van der Waals surface area contributed by atoms with Crippen molar-refractivity contribution in [2.75, 3.05) is 26.7 Å². The van der Waals surface area contributed by atoms with Crippen molar-refractivity contribution in [3.63, 3.8) is 0 Å². The molecule has 3 N–H and O–H groups in total. The molecular weight excluding hydrogens is 431 g/mol. The van der Waals surface area contributed by atoms with Crippen molar-refractivity contribution >= 4 is 35.8 Å². The van der Waals surface area contributed by atoms with E-state index >= 15 is 0 Å². The van der Waals surface area contributed by atoms with Gasteiger partial charge in [-0.3, -0.25) is 9.79 Å². The van der Waals surface area contributed by atoms with Gasteiger partial charge in [-0.1, -0.05) is 12.8 Å². The summed E-state index contributed by atoms with van der Waals surface area (Å²) in [6.07, 6.45) is 4.99. The molecule has 0 unspecified atom stereocenters. The van der Waals surface area contributed by atoms with E-state index in [1.165, 1.54) is 25.7 Å². The Bertz CT molecular complexity index is 543. The van der Waals surface area contributed by atoms with Gasteiger partial charge in [-0.2, -0.15) is 0 Å². The van der Waals surface area contributed by atoms with Gasteiger partial charge in [0.15, 0.2) is 5.96 Å². The maximum atomic E-state index is 12.1. The molecular formula is C18H29IN4O2. The molecule has 6 nitrogen and oxygen atoms in total. The van der Waals surface area contributed by atoms with E-state index in [0.717, 1.165) is 18.3 Å². The topological polar surface area (TPSA) is 74.8 Å². The van der Waals surface area contributed by atoms with Crippen LogP contribution in [0.5, 0.6) is 5.75 Å². The Hall–Kier alpha value is -1.51. The van der Waals surface area contributed by atoms with E-state index in [-0.39, 0.29) is 29.9 Å². The van der Waals surface area contributed by atoms with Gasteiger partial charge in [0.1, 0.15) is 5.75 Å². The van der Waals surface area contributed by atoms with Crippen LogP contribution in [0.15, 0.2) is 29.3 Å². The Balaban J connectivity index is 0.00000312. The van der Waals surface area contributed by atoms with Gasteiger partial charge in [-0.25, -0.2) is 0 Å². The number of hydrogen-bond donors (Lipinski definition) is 3. The predicted molar refractivity (Wildman–Crippen MR) is 112 cm³/mol. The van der Waals surface area contributed by atoms with Crippen LogP contribution in [0, 0.1) is 0 Å². The zero-order valence-corrected chi connectivity index (χ0v) is 17.3. The summed E-state index contributed by atoms with van der Waals surface area (Å²) < 4.78 is 5.09. The van der Waals surface area contributed by atoms with Crippen molar-refractivity contribution in [1.29, 1.82) is 0 Å². The van der Waals surface area contributed by atoms with Gasteiger partial charge in [-0.15, -0.1) is 24.0 Å². The third kappa shape index (κ3) is 7.50. The number of amides is 1. The van der Waals surface area contributed by atoms with Crippen LogP contribution in [0.3, 0.4) is 0 Å². The molecule has 0 bridgehead atoms. The normalized spacial score (nSPS) is 14.6. The summed E-state index contributed by atoms with van der Waals surface area (Å²) in [5, 5.41) is 9.60. The lowest BCUT2D eigenvalue weighted by Gasteiger charge is -2.16. The fraction of sp³-hybridized carbons (Fsp3) is 0.556. The second kappa shape index (κ2) is 11.9. The first-order valence-electron chi connectivity index (χ1n) is 8.70. The van der Waals surface area contributed by atoms with Crippen LogP contribution in [-0.4, -0.2) is 44.7 Å². The highest BCUT2D eigenvalue weighted by atomic mass is 127. The first kappa shape index (κ1) is 21.5. The van der Waals surface area contributed by atoms with Gasteiger partial charge in [0.2, 0.25) is 0 Å². The van der Waals surface area contributed by atoms with Crippen molar-refractivity contribution in [2.45, 2.75) is 38.6 Å². The van der Waals surface area contributed by atoms with Crippen LogP contribution >= 0.6 is 24.0 Å². The molecule has 0 atom stereocenters. The van der Waals surface area contributed by atoms with Gasteiger partial charge in [0.25, 0.3) is 5.91 Å². The van der Waals surface area contributed by atoms with Crippen LogP contribution in [0.25, 0.3) is 0 Å². The lowest BCUT2D eigenvalue weighted by Crippen LogP contribution is -2.42. The number of nitrogens with one attached hydrogen (secondary N) is 3. The Kier molecular flexibility index (Phi) is 10.3. The summed E-state index contributed by atoms with van der Waals surface area (Å²) in [4.78, 5) is 16.6. The van der Waals surface area contributed by atoms with Crippen LogP contribution in [-0.2, 0) is 0 Å². The Morgan fingerprint density at radius 1 is 1.20 bits per heavy atom. The smallest absolute Gasteiger partial charge is 0.251 e. The lowest BCUT2D eigenvalue weighted by molar-refractivity contribution is 0.0955. The number of halogens is 1. The van der Waals surface area contributed by atoms with Crippen molar-refractivity contribution in [2.24, 2.45) is 4.99 Å². The minimum absolute atomic E-state index is 0. The molecule has 0 aliphatic heterocycles. The summed E-state index contributed by atoms with van der Waals surface area (Å²) >= 11 is 0. The number of carbonyl (C=O) groups is 1. The first-order chi connectivity index (χ1) is 11.7. The lowest BCUT2D eigenvalue weighted by atomic mass is 10.2. The standard InChI is InChI=1S/C18H28N4O2.HI/c1-3-19-18(22-15-6-4-5-7-15)21-13-12-20-17(23)14-8-10-16(24-2)11-9-14;/h8-11,15H,3-7,12-13H2,1-2H3,(H,20,23)(H2,19,21,22);1H. The summed E-state index contributed by atoms with van der Waals surface area (Å²) in [5.41, 5.74) is 0.621. The van der Waals surface area contributed by atoms with Crippen molar-refractivity contribution in [1.82, 2.24) is 16.0 Å². The molecule has 0 heterocycles. The predicted octanol–water partition coefficient (Wildman–Crippen LogP) is 2.54. The molecule has 0 spiro atoms. The van der Waals surface area contributed by atoms with Gasteiger partial charge in [-0.05, 0) is 44.0 Å². The first-order valence-corrected chi connectivity index (χ1v) is 8.70. The zero-order chi connectivity index (χ0) is 17.2. The average molecular weight is 460 g/mol. The number of aliphatic imine (C=N–C) groups is 1. The van der Waals surface area contributed by atoms with Gasteiger partial charge in [0, 0.05) is 24.7 Å². The second-order valence-corrected chi connectivity index (χ2v) is 5.87. The van der Waals surface area contributed by atoms with E-state index in [9.17, 15) is 4.79 Å². The summed E-state index contributed by atoms with van der Waals surface area (Å²) in [6, 6.07) is 7.59. The van der Waals surface area contributed by atoms with Crippen molar-refractivity contribution < 1.29 is 9.53 Å². The van der Waals surface area contributed by atoms with Crippen molar-refractivity contribution in [3.05, 3.63) is 29.8 Å². The molecule has 140 valence electrons. The summed E-state index contributed by atoms with van der Waals surface area (Å²) in [7, 11) is 1.61. The fourth-order valence-corrected chi connectivity index (χ4v) is 2.77. The minimum Gasteiger partial charge on any atom is -0.497 e. The molecule has 0 saturated heterocycles. The molecule has 1 saturated carbocycles. The highest BCUT2D eigenvalue weighted by molar-refractivity contribution is 14.0. The minimum atomic E-state index is -0.0957. The van der Waals surface area contributed by atoms with Crippen LogP contribution in [0.1, 0.15) is 43.0 Å². The van der Waals surface area contributed by atoms with Crippen molar-refractivity contribution in [3.8, 4) is 5.75 Å². The quantitative estimate of drug-likeness (QED) is 0.253. The third-order valence-electron chi connectivity index (χ3n) is 4.06. The second-order valence-electron chi connectivity index (χ2n) is 5.87. The van der Waals surface area contributed by atoms with Crippen LogP contribution in [0.4, 0.5) is 0 Å². The van der Waals surface area contributed by atoms with Crippen LogP contribution < -0.4 is 20.7 Å². The Morgan fingerprint density at radius 2 is 1.88 bits per heavy atom. The van der Waals surface area contributed by atoms with E-state index in [4.69, 9.17) is 4.74 Å². The number of carbonyl (C=O) groups excluding carboxylic acids is 1. The third-order valence-corrected chi connectivity index (χ3v) is 4.06. The SMILES string of the molecule is CCNC(=NCCNC(=O)c1ccc(OC)cc1)NC1CCCC1.I. The number of ether oxygens (including phenoxy) is 1. The number of hydrogen-bond acceptors (Lipinski definition) is 3. The van der Waals surface area contributed by atoms with Gasteiger partial charge < -0.3 is 20.7 Å². The maximum Gasteiger partial charge on any atom is 0.251 e. The molecule has 1 aliphatic rings. The molecule has 1 aliphatic carbocycles.